The van der Waals surface area contributed by atoms with Gasteiger partial charge in [0.25, 0.3) is 0 Å². The molecule has 0 amide bonds. The van der Waals surface area contributed by atoms with Gasteiger partial charge in [0.1, 0.15) is 18.2 Å². The fraction of sp³-hybridized carbons (Fsp3) is 0.0435. The minimum atomic E-state index is -1.26. The van der Waals surface area contributed by atoms with Gasteiger partial charge in [0.15, 0.2) is 0 Å². The number of hydrogen-bond donors (Lipinski definition) is 0. The number of rotatable bonds is 6. The summed E-state index contributed by atoms with van der Waals surface area (Å²) in [6.07, 6.45) is 1.54. The van der Waals surface area contributed by atoms with Crippen LogP contribution in [0.3, 0.4) is 0 Å². The maximum atomic E-state index is 13.9. The maximum absolute atomic E-state index is 13.9. The molecule has 0 fully saturated rings. The van der Waals surface area contributed by atoms with Crippen LogP contribution in [0.2, 0.25) is 5.02 Å². The van der Waals surface area contributed by atoms with Gasteiger partial charge >= 0.3 is 0 Å². The van der Waals surface area contributed by atoms with Gasteiger partial charge in [-0.3, -0.25) is 0 Å². The Kier molecular flexibility index (Phi) is 6.28. The van der Waals surface area contributed by atoms with Crippen LogP contribution >= 0.6 is 11.6 Å². The Balaban J connectivity index is 1.78. The highest BCUT2D eigenvalue weighted by Crippen LogP contribution is 2.29. The van der Waals surface area contributed by atoms with Gasteiger partial charge in [-0.1, -0.05) is 54.1 Å². The molecule has 0 N–H and O–H groups in total. The minimum Gasteiger partial charge on any atom is -0.545 e. The molecule has 0 radical (unpaired) electrons. The van der Waals surface area contributed by atoms with Crippen molar-refractivity contribution < 1.29 is 19.0 Å². The van der Waals surface area contributed by atoms with Crippen molar-refractivity contribution in [2.45, 2.75) is 6.61 Å². The summed E-state index contributed by atoms with van der Waals surface area (Å²) in [6, 6.07) is 19.2. The number of carboxylic acids is 1. The summed E-state index contributed by atoms with van der Waals surface area (Å²) < 4.78 is 19.6. The summed E-state index contributed by atoms with van der Waals surface area (Å²) in [5.74, 6) is -1.35. The number of aromatic carboxylic acids is 1. The second-order valence-corrected chi connectivity index (χ2v) is 6.52. The van der Waals surface area contributed by atoms with Crippen molar-refractivity contribution in [3.05, 3.63) is 99.8 Å². The van der Waals surface area contributed by atoms with Crippen LogP contribution in [0.25, 0.3) is 11.6 Å². The van der Waals surface area contributed by atoms with E-state index in [9.17, 15) is 19.6 Å². The molecule has 0 spiro atoms. The van der Waals surface area contributed by atoms with Crippen molar-refractivity contribution in [3.8, 4) is 11.8 Å². The third-order valence-corrected chi connectivity index (χ3v) is 4.40. The Morgan fingerprint density at radius 1 is 1.14 bits per heavy atom. The fourth-order valence-corrected chi connectivity index (χ4v) is 2.93. The molecule has 6 heteroatoms. The molecule has 3 aromatic rings. The average molecular weight is 407 g/mol. The maximum Gasteiger partial charge on any atom is 0.138 e. The summed E-state index contributed by atoms with van der Waals surface area (Å²) >= 11 is 6.27. The molecule has 0 unspecified atom stereocenters. The van der Waals surface area contributed by atoms with Gasteiger partial charge in [-0.2, -0.15) is 5.26 Å². The lowest BCUT2D eigenvalue weighted by Crippen LogP contribution is -2.22. The van der Waals surface area contributed by atoms with Crippen molar-refractivity contribution in [3.63, 3.8) is 0 Å². The van der Waals surface area contributed by atoms with E-state index in [-0.39, 0.29) is 23.3 Å². The molecule has 4 nitrogen and oxygen atoms in total. The summed E-state index contributed by atoms with van der Waals surface area (Å²) in [7, 11) is 0. The third-order valence-electron chi connectivity index (χ3n) is 4.11. The van der Waals surface area contributed by atoms with Crippen molar-refractivity contribution in [1.29, 1.82) is 5.26 Å². The standard InChI is InChI=1S/C23H15ClFNO3/c24-20-12-15(10-18(13-26)19-6-1-2-7-21(19)25)8-9-22(20)29-14-16-4-3-5-17(11-16)23(27)28/h1-12H,14H2,(H,27,28)/p-1/b18-10+. The van der Waals surface area contributed by atoms with E-state index in [1.54, 1.807) is 42.5 Å². The summed E-state index contributed by atoms with van der Waals surface area (Å²) in [4.78, 5) is 10.9. The van der Waals surface area contributed by atoms with Crippen LogP contribution in [-0.2, 0) is 6.61 Å². The van der Waals surface area contributed by atoms with Crippen LogP contribution in [0.5, 0.6) is 5.75 Å². The number of carboxylic acid groups (broad SMARTS) is 1. The smallest absolute Gasteiger partial charge is 0.138 e. The monoisotopic (exact) mass is 406 g/mol. The Labute approximate surface area is 172 Å². The predicted molar refractivity (Wildman–Crippen MR) is 106 cm³/mol. The predicted octanol–water partition coefficient (Wildman–Crippen LogP) is 4.49. The highest BCUT2D eigenvalue weighted by Gasteiger charge is 2.08. The second kappa shape index (κ2) is 9.05. The Bertz CT molecular complexity index is 1130. The number of halogens is 2. The van der Waals surface area contributed by atoms with Crippen LogP contribution < -0.4 is 9.84 Å². The molecule has 3 aromatic carbocycles. The quantitative estimate of drug-likeness (QED) is 0.446. The highest BCUT2D eigenvalue weighted by molar-refractivity contribution is 6.32. The summed E-state index contributed by atoms with van der Waals surface area (Å²) in [5, 5.41) is 20.6. The van der Waals surface area contributed by atoms with Crippen LogP contribution in [-0.4, -0.2) is 5.97 Å². The lowest BCUT2D eigenvalue weighted by atomic mass is 10.0. The third kappa shape index (κ3) is 5.01. The summed E-state index contributed by atoms with van der Waals surface area (Å²) in [5.41, 5.74) is 1.71. The first-order chi connectivity index (χ1) is 14.0. The lowest BCUT2D eigenvalue weighted by Gasteiger charge is -2.10. The zero-order valence-electron chi connectivity index (χ0n) is 15.1. The molecular weight excluding hydrogens is 393 g/mol. The molecule has 0 bridgehead atoms. The van der Waals surface area contributed by atoms with E-state index >= 15 is 0 Å². The number of carbonyl (C=O) groups excluding carboxylic acids is 1. The van der Waals surface area contributed by atoms with Crippen molar-refractivity contribution in [1.82, 2.24) is 0 Å². The van der Waals surface area contributed by atoms with E-state index < -0.39 is 11.8 Å². The topological polar surface area (TPSA) is 73.1 Å². The van der Waals surface area contributed by atoms with E-state index in [1.165, 1.54) is 30.3 Å². The van der Waals surface area contributed by atoms with Gasteiger partial charge in [0, 0.05) is 5.56 Å². The van der Waals surface area contributed by atoms with E-state index in [0.717, 1.165) is 0 Å². The first-order valence-corrected chi connectivity index (χ1v) is 8.95. The molecule has 0 aromatic heterocycles. The van der Waals surface area contributed by atoms with E-state index in [2.05, 4.69) is 0 Å². The highest BCUT2D eigenvalue weighted by atomic mass is 35.5. The molecule has 0 aliphatic carbocycles. The zero-order valence-corrected chi connectivity index (χ0v) is 15.8. The number of carbonyl (C=O) groups is 1. The molecular formula is C23H14ClFNO3-. The molecule has 0 aliphatic heterocycles. The molecule has 3 rings (SSSR count). The van der Waals surface area contributed by atoms with Gasteiger partial charge in [0.2, 0.25) is 0 Å². The number of nitriles is 1. The molecule has 0 atom stereocenters. The average Bonchev–Trinajstić information content (AvgIpc) is 2.72. The van der Waals surface area contributed by atoms with Crippen molar-refractivity contribution in [2.75, 3.05) is 0 Å². The van der Waals surface area contributed by atoms with Gasteiger partial charge in [0.05, 0.1) is 22.6 Å². The van der Waals surface area contributed by atoms with E-state index in [1.807, 2.05) is 6.07 Å². The Morgan fingerprint density at radius 3 is 2.62 bits per heavy atom. The number of allylic oxidation sites excluding steroid dienone is 1. The molecule has 0 saturated heterocycles. The normalized spacial score (nSPS) is 11.0. The molecule has 0 aliphatic rings. The van der Waals surface area contributed by atoms with E-state index in [0.29, 0.717) is 21.9 Å². The summed E-state index contributed by atoms with van der Waals surface area (Å²) in [6.45, 7) is 0.120. The number of benzene rings is 3. The Morgan fingerprint density at radius 2 is 1.93 bits per heavy atom. The van der Waals surface area contributed by atoms with Gasteiger partial charge in [-0.05, 0) is 47.0 Å². The van der Waals surface area contributed by atoms with Crippen molar-refractivity contribution in [2.24, 2.45) is 0 Å². The molecule has 0 heterocycles. The first kappa shape index (κ1) is 20.1. The van der Waals surface area contributed by atoms with Gasteiger partial charge in [-0.25, -0.2) is 4.39 Å². The Hall–Kier alpha value is -3.62. The first-order valence-electron chi connectivity index (χ1n) is 8.57. The number of hydrogen-bond acceptors (Lipinski definition) is 4. The van der Waals surface area contributed by atoms with Gasteiger partial charge < -0.3 is 14.6 Å². The van der Waals surface area contributed by atoms with Crippen LogP contribution in [0.4, 0.5) is 4.39 Å². The van der Waals surface area contributed by atoms with Crippen LogP contribution in [0.15, 0.2) is 66.7 Å². The van der Waals surface area contributed by atoms with Gasteiger partial charge in [-0.15, -0.1) is 0 Å². The lowest BCUT2D eigenvalue weighted by molar-refractivity contribution is -0.255. The van der Waals surface area contributed by atoms with Crippen molar-refractivity contribution >= 4 is 29.2 Å². The van der Waals surface area contributed by atoms with Crippen LogP contribution in [0.1, 0.15) is 27.0 Å². The molecule has 144 valence electrons. The molecule has 0 saturated carbocycles. The second-order valence-electron chi connectivity index (χ2n) is 6.12. The molecule has 29 heavy (non-hydrogen) atoms. The van der Waals surface area contributed by atoms with Crippen LogP contribution in [0, 0.1) is 17.1 Å². The number of nitrogens with zero attached hydrogens (tertiary/aromatic N) is 1. The zero-order chi connectivity index (χ0) is 20.8. The SMILES string of the molecule is N#C/C(=C\c1ccc(OCc2cccc(C(=O)[O-])c2)c(Cl)c1)c1ccccc1F. The van der Waals surface area contributed by atoms with E-state index in [4.69, 9.17) is 16.3 Å². The fourth-order valence-electron chi connectivity index (χ4n) is 2.69. The minimum absolute atomic E-state index is 0.0647. The largest absolute Gasteiger partial charge is 0.545 e. The number of ether oxygens (including phenoxy) is 1.